The highest BCUT2D eigenvalue weighted by atomic mass is 32.2. The van der Waals surface area contributed by atoms with Gasteiger partial charge in [-0.15, -0.1) is 0 Å². The Bertz CT molecular complexity index is 412. The molecule has 6 heteroatoms. The largest absolute Gasteiger partial charge is 0.462 e. The van der Waals surface area contributed by atoms with Crippen molar-refractivity contribution in [3.63, 3.8) is 0 Å². The normalized spacial score (nSPS) is 12.0. The average molecular weight is 269 g/mol. The summed E-state index contributed by atoms with van der Waals surface area (Å²) in [6.45, 7) is 5.96. The minimum Gasteiger partial charge on any atom is -0.462 e. The number of nitrogens with zero attached hydrogens (tertiary/aromatic N) is 2. The molecule has 1 atom stereocenters. The van der Waals surface area contributed by atoms with Gasteiger partial charge in [0.15, 0.2) is 0 Å². The molecule has 5 nitrogen and oxygen atoms in total. The maximum absolute atomic E-state index is 11.6. The van der Waals surface area contributed by atoms with Gasteiger partial charge in [-0.05, 0) is 27.0 Å². The van der Waals surface area contributed by atoms with Gasteiger partial charge >= 0.3 is 5.97 Å². The Morgan fingerprint density at radius 3 is 2.89 bits per heavy atom. The second kappa shape index (κ2) is 7.20. The fourth-order valence-electron chi connectivity index (χ4n) is 1.46. The van der Waals surface area contributed by atoms with E-state index in [1.165, 1.54) is 6.20 Å². The Kier molecular flexibility index (Phi) is 5.91. The summed E-state index contributed by atoms with van der Waals surface area (Å²) in [6, 6.07) is 0.285. The number of rotatable bonds is 6. The predicted molar refractivity (Wildman–Crippen MR) is 74.2 cm³/mol. The highest BCUT2D eigenvalue weighted by molar-refractivity contribution is 7.98. The minimum atomic E-state index is -0.376. The predicted octanol–water partition coefficient (Wildman–Crippen LogP) is 2.13. The molecule has 0 fully saturated rings. The van der Waals surface area contributed by atoms with Crippen molar-refractivity contribution in [2.45, 2.75) is 26.8 Å². The van der Waals surface area contributed by atoms with Crippen LogP contribution in [-0.4, -0.2) is 40.6 Å². The van der Waals surface area contributed by atoms with E-state index in [1.807, 2.05) is 6.26 Å². The lowest BCUT2D eigenvalue weighted by molar-refractivity contribution is 0.0524. The van der Waals surface area contributed by atoms with E-state index in [2.05, 4.69) is 22.2 Å². The number of ether oxygens (including phenoxy) is 1. The Morgan fingerprint density at radius 2 is 2.33 bits per heavy atom. The molecular weight excluding hydrogens is 250 g/mol. The molecule has 0 aromatic carbocycles. The van der Waals surface area contributed by atoms with Crippen LogP contribution < -0.4 is 5.32 Å². The van der Waals surface area contributed by atoms with Gasteiger partial charge in [0.05, 0.1) is 17.9 Å². The summed E-state index contributed by atoms with van der Waals surface area (Å²) in [7, 11) is 0. The van der Waals surface area contributed by atoms with Crippen molar-refractivity contribution in [1.82, 2.24) is 9.97 Å². The van der Waals surface area contributed by atoms with Gasteiger partial charge in [-0.25, -0.2) is 14.8 Å². The lowest BCUT2D eigenvalue weighted by Gasteiger charge is -2.13. The quantitative estimate of drug-likeness (QED) is 0.798. The maximum atomic E-state index is 11.6. The number of aromatic nitrogens is 2. The van der Waals surface area contributed by atoms with Gasteiger partial charge in [0.25, 0.3) is 0 Å². The SMILES string of the molecule is CCOC(=O)c1cnc(NC(C)CSC)nc1C. The number of carbonyl (C=O) groups is 1. The fourth-order valence-corrected chi connectivity index (χ4v) is 2.04. The molecule has 1 unspecified atom stereocenters. The molecule has 100 valence electrons. The third-order valence-electron chi connectivity index (χ3n) is 2.27. The first-order valence-electron chi connectivity index (χ1n) is 5.84. The Morgan fingerprint density at radius 1 is 1.61 bits per heavy atom. The molecule has 0 saturated carbocycles. The maximum Gasteiger partial charge on any atom is 0.341 e. The summed E-state index contributed by atoms with van der Waals surface area (Å²) >= 11 is 1.76. The van der Waals surface area contributed by atoms with Crippen LogP contribution >= 0.6 is 11.8 Å². The first kappa shape index (κ1) is 14.8. The van der Waals surface area contributed by atoms with Gasteiger partial charge in [0.2, 0.25) is 5.95 Å². The van der Waals surface area contributed by atoms with E-state index in [9.17, 15) is 4.79 Å². The smallest absolute Gasteiger partial charge is 0.341 e. The Balaban J connectivity index is 2.76. The van der Waals surface area contributed by atoms with E-state index in [1.54, 1.807) is 25.6 Å². The lowest BCUT2D eigenvalue weighted by Crippen LogP contribution is -2.20. The topological polar surface area (TPSA) is 64.1 Å². The van der Waals surface area contributed by atoms with E-state index >= 15 is 0 Å². The van der Waals surface area contributed by atoms with E-state index in [4.69, 9.17) is 4.74 Å². The standard InChI is InChI=1S/C12H19N3O2S/c1-5-17-11(16)10-6-13-12(15-9(10)3)14-8(2)7-18-4/h6,8H,5,7H2,1-4H3,(H,13,14,15). The van der Waals surface area contributed by atoms with Gasteiger partial charge in [-0.1, -0.05) is 0 Å². The highest BCUT2D eigenvalue weighted by Gasteiger charge is 2.13. The van der Waals surface area contributed by atoms with Crippen LogP contribution in [0.5, 0.6) is 0 Å². The number of hydrogen-bond donors (Lipinski definition) is 1. The highest BCUT2D eigenvalue weighted by Crippen LogP contribution is 2.10. The summed E-state index contributed by atoms with van der Waals surface area (Å²) in [6.07, 6.45) is 3.56. The van der Waals surface area contributed by atoms with Crippen molar-refractivity contribution in [2.75, 3.05) is 23.9 Å². The van der Waals surface area contributed by atoms with Crippen LogP contribution in [0, 0.1) is 6.92 Å². The monoisotopic (exact) mass is 269 g/mol. The van der Waals surface area contributed by atoms with Crippen LogP contribution in [0.1, 0.15) is 29.9 Å². The van der Waals surface area contributed by atoms with Crippen LogP contribution in [0.25, 0.3) is 0 Å². The number of aryl methyl sites for hydroxylation is 1. The van der Waals surface area contributed by atoms with Crippen LogP contribution in [0.2, 0.25) is 0 Å². The molecule has 0 radical (unpaired) electrons. The second-order valence-electron chi connectivity index (χ2n) is 3.91. The zero-order chi connectivity index (χ0) is 13.5. The number of nitrogens with one attached hydrogen (secondary N) is 1. The van der Waals surface area contributed by atoms with Gasteiger partial charge in [0, 0.05) is 18.0 Å². The molecule has 1 rings (SSSR count). The van der Waals surface area contributed by atoms with E-state index in [-0.39, 0.29) is 12.0 Å². The third kappa shape index (κ3) is 4.18. The molecule has 0 amide bonds. The summed E-state index contributed by atoms with van der Waals surface area (Å²) in [5.74, 6) is 1.14. The third-order valence-corrected chi connectivity index (χ3v) is 3.10. The van der Waals surface area contributed by atoms with Gasteiger partial charge in [0.1, 0.15) is 0 Å². The lowest BCUT2D eigenvalue weighted by atomic mass is 10.2. The molecule has 1 heterocycles. The number of hydrogen-bond acceptors (Lipinski definition) is 6. The molecule has 1 aromatic heterocycles. The van der Waals surface area contributed by atoms with Crippen LogP contribution in [0.3, 0.4) is 0 Å². The molecule has 1 aromatic rings. The van der Waals surface area contributed by atoms with Crippen molar-refractivity contribution in [3.05, 3.63) is 17.5 Å². The molecule has 0 aliphatic rings. The van der Waals surface area contributed by atoms with Crippen molar-refractivity contribution in [1.29, 1.82) is 0 Å². The van der Waals surface area contributed by atoms with Gasteiger partial charge < -0.3 is 10.1 Å². The number of carbonyl (C=O) groups excluding carboxylic acids is 1. The zero-order valence-corrected chi connectivity index (χ0v) is 12.0. The molecule has 0 aliphatic carbocycles. The summed E-state index contributed by atoms with van der Waals surface area (Å²) in [4.78, 5) is 20.0. The molecule has 0 aliphatic heterocycles. The zero-order valence-electron chi connectivity index (χ0n) is 11.2. The summed E-state index contributed by atoms with van der Waals surface area (Å²) in [5, 5.41) is 3.19. The van der Waals surface area contributed by atoms with E-state index < -0.39 is 0 Å². The van der Waals surface area contributed by atoms with Crippen LogP contribution in [-0.2, 0) is 4.74 Å². The van der Waals surface area contributed by atoms with Crippen molar-refractivity contribution < 1.29 is 9.53 Å². The number of anilines is 1. The molecule has 18 heavy (non-hydrogen) atoms. The summed E-state index contributed by atoms with van der Waals surface area (Å²) < 4.78 is 4.93. The van der Waals surface area contributed by atoms with Crippen molar-refractivity contribution >= 4 is 23.7 Å². The van der Waals surface area contributed by atoms with Crippen LogP contribution in [0.4, 0.5) is 5.95 Å². The minimum absolute atomic E-state index is 0.285. The first-order valence-corrected chi connectivity index (χ1v) is 7.24. The molecule has 0 spiro atoms. The molecule has 1 N–H and O–H groups in total. The fraction of sp³-hybridized carbons (Fsp3) is 0.583. The first-order chi connectivity index (χ1) is 8.58. The molecule has 0 bridgehead atoms. The molecular formula is C12H19N3O2S. The van der Waals surface area contributed by atoms with E-state index in [0.29, 0.717) is 23.8 Å². The van der Waals surface area contributed by atoms with Gasteiger partial charge in [-0.2, -0.15) is 11.8 Å². The average Bonchev–Trinajstić information content (AvgIpc) is 2.29. The summed E-state index contributed by atoms with van der Waals surface area (Å²) in [5.41, 5.74) is 1.04. The van der Waals surface area contributed by atoms with Crippen molar-refractivity contribution in [2.24, 2.45) is 0 Å². The Labute approximate surface area is 112 Å². The van der Waals surface area contributed by atoms with Gasteiger partial charge in [-0.3, -0.25) is 0 Å². The van der Waals surface area contributed by atoms with E-state index in [0.717, 1.165) is 5.75 Å². The van der Waals surface area contributed by atoms with Crippen LogP contribution in [0.15, 0.2) is 6.20 Å². The number of thioether (sulfide) groups is 1. The number of esters is 1. The van der Waals surface area contributed by atoms with Crippen molar-refractivity contribution in [3.8, 4) is 0 Å². The Hall–Kier alpha value is -1.30. The second-order valence-corrected chi connectivity index (χ2v) is 4.82. The molecule has 0 saturated heterocycles.